The molecule has 0 bridgehead atoms. The standard InChI is InChI=1S/C13H22N2/c1-6-11-7-12(9(2)3)15-13(8-11)14-10(4)5/h7-10H,6H2,1-5H3,(H,14,15). The van der Waals surface area contributed by atoms with E-state index in [9.17, 15) is 0 Å². The highest BCUT2D eigenvalue weighted by atomic mass is 15.0. The number of aryl methyl sites for hydroxylation is 1. The summed E-state index contributed by atoms with van der Waals surface area (Å²) in [6.07, 6.45) is 1.06. The fourth-order valence-electron chi connectivity index (χ4n) is 1.48. The molecule has 0 aliphatic heterocycles. The number of hydrogen-bond acceptors (Lipinski definition) is 2. The first-order chi connectivity index (χ1) is 7.02. The van der Waals surface area contributed by atoms with E-state index in [2.05, 4.69) is 57.1 Å². The maximum absolute atomic E-state index is 4.61. The molecule has 1 aromatic rings. The van der Waals surface area contributed by atoms with Crippen LogP contribution in [-0.4, -0.2) is 11.0 Å². The van der Waals surface area contributed by atoms with E-state index >= 15 is 0 Å². The molecule has 0 aliphatic carbocycles. The van der Waals surface area contributed by atoms with Crippen molar-refractivity contribution in [2.24, 2.45) is 0 Å². The second-order valence-electron chi connectivity index (χ2n) is 4.59. The lowest BCUT2D eigenvalue weighted by Gasteiger charge is -2.13. The summed E-state index contributed by atoms with van der Waals surface area (Å²) >= 11 is 0. The third-order valence-electron chi connectivity index (χ3n) is 2.34. The molecule has 15 heavy (non-hydrogen) atoms. The van der Waals surface area contributed by atoms with Crippen LogP contribution in [0.1, 0.15) is 51.8 Å². The number of aromatic nitrogens is 1. The zero-order valence-corrected chi connectivity index (χ0v) is 10.5. The molecule has 0 saturated carbocycles. The van der Waals surface area contributed by atoms with E-state index in [1.54, 1.807) is 0 Å². The number of nitrogens with zero attached hydrogens (tertiary/aromatic N) is 1. The average molecular weight is 206 g/mol. The van der Waals surface area contributed by atoms with Crippen molar-refractivity contribution in [2.75, 3.05) is 5.32 Å². The van der Waals surface area contributed by atoms with E-state index < -0.39 is 0 Å². The lowest BCUT2D eigenvalue weighted by molar-refractivity contribution is 0.809. The predicted octanol–water partition coefficient (Wildman–Crippen LogP) is 3.59. The van der Waals surface area contributed by atoms with E-state index in [4.69, 9.17) is 0 Å². The monoisotopic (exact) mass is 206 g/mol. The van der Waals surface area contributed by atoms with E-state index in [0.717, 1.165) is 12.2 Å². The molecule has 0 spiro atoms. The number of hydrogen-bond donors (Lipinski definition) is 1. The Bertz CT molecular complexity index is 316. The molecule has 2 heteroatoms. The molecule has 84 valence electrons. The van der Waals surface area contributed by atoms with Crippen LogP contribution < -0.4 is 5.32 Å². The van der Waals surface area contributed by atoms with Crippen LogP contribution in [0.5, 0.6) is 0 Å². The van der Waals surface area contributed by atoms with Gasteiger partial charge in [-0.1, -0.05) is 20.8 Å². The molecule has 0 unspecified atom stereocenters. The highest BCUT2D eigenvalue weighted by Gasteiger charge is 2.05. The first-order valence-corrected chi connectivity index (χ1v) is 5.80. The van der Waals surface area contributed by atoms with Crippen LogP contribution in [0.2, 0.25) is 0 Å². The molecule has 1 heterocycles. The molecule has 0 amide bonds. The lowest BCUT2D eigenvalue weighted by Crippen LogP contribution is -2.12. The van der Waals surface area contributed by atoms with Crippen LogP contribution in [0.4, 0.5) is 5.82 Å². The lowest BCUT2D eigenvalue weighted by atomic mass is 10.1. The molecule has 0 fully saturated rings. The zero-order chi connectivity index (χ0) is 11.4. The summed E-state index contributed by atoms with van der Waals surface area (Å²) in [6.45, 7) is 10.8. The first-order valence-electron chi connectivity index (χ1n) is 5.80. The molecule has 0 aromatic carbocycles. The number of nitrogens with one attached hydrogen (secondary N) is 1. The van der Waals surface area contributed by atoms with Crippen LogP contribution >= 0.6 is 0 Å². The number of rotatable bonds is 4. The maximum Gasteiger partial charge on any atom is 0.126 e. The van der Waals surface area contributed by atoms with Crippen molar-refractivity contribution in [2.45, 2.75) is 53.0 Å². The largest absolute Gasteiger partial charge is 0.368 e. The van der Waals surface area contributed by atoms with Gasteiger partial charge in [0.25, 0.3) is 0 Å². The average Bonchev–Trinajstić information content (AvgIpc) is 2.16. The molecular formula is C13H22N2. The smallest absolute Gasteiger partial charge is 0.126 e. The molecule has 1 aromatic heterocycles. The van der Waals surface area contributed by atoms with Gasteiger partial charge in [-0.3, -0.25) is 0 Å². The van der Waals surface area contributed by atoms with Gasteiger partial charge in [0.15, 0.2) is 0 Å². The summed E-state index contributed by atoms with van der Waals surface area (Å²) in [7, 11) is 0. The molecule has 0 aliphatic rings. The van der Waals surface area contributed by atoms with Crippen molar-refractivity contribution < 1.29 is 0 Å². The summed E-state index contributed by atoms with van der Waals surface area (Å²) < 4.78 is 0. The van der Waals surface area contributed by atoms with Crippen molar-refractivity contribution in [3.63, 3.8) is 0 Å². The second-order valence-corrected chi connectivity index (χ2v) is 4.59. The Morgan fingerprint density at radius 1 is 1.20 bits per heavy atom. The van der Waals surface area contributed by atoms with E-state index in [1.807, 2.05) is 0 Å². The molecule has 1 N–H and O–H groups in total. The Labute approximate surface area is 93.1 Å². The number of anilines is 1. The van der Waals surface area contributed by atoms with Crippen molar-refractivity contribution in [3.8, 4) is 0 Å². The minimum absolute atomic E-state index is 0.435. The van der Waals surface area contributed by atoms with Gasteiger partial charge in [-0.2, -0.15) is 0 Å². The Morgan fingerprint density at radius 2 is 1.87 bits per heavy atom. The van der Waals surface area contributed by atoms with Crippen molar-refractivity contribution >= 4 is 5.82 Å². The fraction of sp³-hybridized carbons (Fsp3) is 0.615. The van der Waals surface area contributed by atoms with Gasteiger partial charge in [-0.05, 0) is 43.9 Å². The minimum Gasteiger partial charge on any atom is -0.368 e. The highest BCUT2D eigenvalue weighted by molar-refractivity contribution is 5.41. The van der Waals surface area contributed by atoms with Gasteiger partial charge in [-0.15, -0.1) is 0 Å². The topological polar surface area (TPSA) is 24.9 Å². The van der Waals surface area contributed by atoms with Crippen LogP contribution in [0, 0.1) is 0 Å². The number of pyridine rings is 1. The summed E-state index contributed by atoms with van der Waals surface area (Å²) in [5.41, 5.74) is 2.54. The molecule has 1 rings (SSSR count). The normalized spacial score (nSPS) is 11.1. The van der Waals surface area contributed by atoms with Gasteiger partial charge in [0.1, 0.15) is 5.82 Å². The van der Waals surface area contributed by atoms with Gasteiger partial charge in [0, 0.05) is 11.7 Å². The summed E-state index contributed by atoms with van der Waals surface area (Å²) in [6, 6.07) is 4.78. The Hall–Kier alpha value is -1.05. The fourth-order valence-corrected chi connectivity index (χ4v) is 1.48. The van der Waals surface area contributed by atoms with Crippen molar-refractivity contribution in [1.29, 1.82) is 0 Å². The summed E-state index contributed by atoms with van der Waals surface area (Å²) in [5.74, 6) is 1.50. The second kappa shape index (κ2) is 5.15. The first kappa shape index (κ1) is 12.0. The van der Waals surface area contributed by atoms with Crippen LogP contribution in [0.3, 0.4) is 0 Å². The van der Waals surface area contributed by atoms with Gasteiger partial charge < -0.3 is 5.32 Å². The predicted molar refractivity (Wildman–Crippen MR) is 66.5 cm³/mol. The SMILES string of the molecule is CCc1cc(NC(C)C)nc(C(C)C)c1. The molecule has 0 atom stereocenters. The molecule has 0 radical (unpaired) electrons. The molecule has 2 nitrogen and oxygen atoms in total. The van der Waals surface area contributed by atoms with Gasteiger partial charge in [-0.25, -0.2) is 4.98 Å². The summed E-state index contributed by atoms with van der Waals surface area (Å²) in [5, 5.41) is 3.36. The Kier molecular flexibility index (Phi) is 4.13. The molecule has 0 saturated heterocycles. The zero-order valence-electron chi connectivity index (χ0n) is 10.5. The van der Waals surface area contributed by atoms with Crippen molar-refractivity contribution in [3.05, 3.63) is 23.4 Å². The van der Waals surface area contributed by atoms with Crippen LogP contribution in [0.15, 0.2) is 12.1 Å². The quantitative estimate of drug-likeness (QED) is 0.814. The van der Waals surface area contributed by atoms with E-state index in [0.29, 0.717) is 12.0 Å². The highest BCUT2D eigenvalue weighted by Crippen LogP contribution is 2.18. The van der Waals surface area contributed by atoms with E-state index in [-0.39, 0.29) is 0 Å². The van der Waals surface area contributed by atoms with Gasteiger partial charge in [0.2, 0.25) is 0 Å². The van der Waals surface area contributed by atoms with Crippen LogP contribution in [0.25, 0.3) is 0 Å². The molecular weight excluding hydrogens is 184 g/mol. The Morgan fingerprint density at radius 3 is 2.33 bits per heavy atom. The minimum atomic E-state index is 0.435. The Balaban J connectivity index is 3.00. The third-order valence-corrected chi connectivity index (χ3v) is 2.34. The summed E-state index contributed by atoms with van der Waals surface area (Å²) in [4.78, 5) is 4.61. The van der Waals surface area contributed by atoms with Gasteiger partial charge >= 0.3 is 0 Å². The van der Waals surface area contributed by atoms with Gasteiger partial charge in [0.05, 0.1) is 0 Å². The van der Waals surface area contributed by atoms with Crippen molar-refractivity contribution in [1.82, 2.24) is 4.98 Å². The van der Waals surface area contributed by atoms with E-state index in [1.165, 1.54) is 11.3 Å². The third kappa shape index (κ3) is 3.54. The van der Waals surface area contributed by atoms with Crippen LogP contribution in [-0.2, 0) is 6.42 Å². The maximum atomic E-state index is 4.61.